The van der Waals surface area contributed by atoms with E-state index in [9.17, 15) is 4.79 Å². The van der Waals surface area contributed by atoms with Crippen molar-refractivity contribution in [1.82, 2.24) is 4.98 Å². The molecule has 2 saturated carbocycles. The predicted octanol–water partition coefficient (Wildman–Crippen LogP) is 5.49. The summed E-state index contributed by atoms with van der Waals surface area (Å²) < 4.78 is 0. The van der Waals surface area contributed by atoms with Crippen LogP contribution in [0, 0.1) is 5.92 Å². The highest BCUT2D eigenvalue weighted by Crippen LogP contribution is 2.34. The highest BCUT2D eigenvalue weighted by atomic mass is 32.1. The Morgan fingerprint density at radius 1 is 1.09 bits per heavy atom. The van der Waals surface area contributed by atoms with Crippen molar-refractivity contribution < 1.29 is 4.79 Å². The molecule has 0 radical (unpaired) electrons. The summed E-state index contributed by atoms with van der Waals surface area (Å²) in [5, 5.41) is 5.96. The molecular weight excluding hydrogens is 292 g/mol. The molecule has 0 unspecified atom stereocenters. The van der Waals surface area contributed by atoms with Gasteiger partial charge in [-0.05, 0) is 25.2 Å². The molecule has 2 aliphatic rings. The molecule has 3 nitrogen and oxygen atoms in total. The van der Waals surface area contributed by atoms with E-state index in [2.05, 4.69) is 15.7 Å². The number of rotatable bonds is 5. The monoisotopic (exact) mass is 320 g/mol. The molecule has 0 atom stereocenters. The van der Waals surface area contributed by atoms with E-state index < -0.39 is 0 Å². The van der Waals surface area contributed by atoms with E-state index in [1.165, 1.54) is 69.9 Å². The SMILES string of the molecule is O=C(CCC1CCCCC1)Nc1nc(C2CCCCC2)cs1. The lowest BCUT2D eigenvalue weighted by Gasteiger charge is -2.20. The van der Waals surface area contributed by atoms with Crippen LogP contribution >= 0.6 is 11.3 Å². The fourth-order valence-electron chi connectivity index (χ4n) is 3.92. The van der Waals surface area contributed by atoms with E-state index in [0.717, 1.165) is 17.5 Å². The van der Waals surface area contributed by atoms with Gasteiger partial charge in [-0.15, -0.1) is 11.3 Å². The summed E-state index contributed by atoms with van der Waals surface area (Å²) in [6, 6.07) is 0. The quantitative estimate of drug-likeness (QED) is 0.779. The van der Waals surface area contributed by atoms with Crippen LogP contribution in [0.25, 0.3) is 0 Å². The van der Waals surface area contributed by atoms with Gasteiger partial charge in [-0.1, -0.05) is 51.4 Å². The average Bonchev–Trinajstić information content (AvgIpc) is 3.03. The van der Waals surface area contributed by atoms with Crippen molar-refractivity contribution in [2.45, 2.75) is 83.0 Å². The van der Waals surface area contributed by atoms with Gasteiger partial charge in [0.1, 0.15) is 0 Å². The summed E-state index contributed by atoms with van der Waals surface area (Å²) in [4.78, 5) is 16.8. The molecule has 1 aromatic heterocycles. The number of carbonyl (C=O) groups excluding carboxylic acids is 1. The second-order valence-corrected chi connectivity index (χ2v) is 7.86. The molecule has 1 heterocycles. The van der Waals surface area contributed by atoms with Crippen molar-refractivity contribution in [3.8, 4) is 0 Å². The van der Waals surface area contributed by atoms with Crippen LogP contribution in [0.15, 0.2) is 5.38 Å². The van der Waals surface area contributed by atoms with Crippen LogP contribution in [0.2, 0.25) is 0 Å². The highest BCUT2D eigenvalue weighted by molar-refractivity contribution is 7.13. The third-order valence-corrected chi connectivity index (χ3v) is 6.07. The molecule has 0 spiro atoms. The van der Waals surface area contributed by atoms with E-state index in [-0.39, 0.29) is 5.91 Å². The van der Waals surface area contributed by atoms with Crippen LogP contribution in [0.5, 0.6) is 0 Å². The fourth-order valence-corrected chi connectivity index (χ4v) is 4.73. The molecule has 3 rings (SSSR count). The molecule has 1 amide bonds. The van der Waals surface area contributed by atoms with E-state index in [0.29, 0.717) is 12.3 Å². The van der Waals surface area contributed by atoms with Crippen molar-refractivity contribution in [2.24, 2.45) is 5.92 Å². The molecule has 122 valence electrons. The Kier molecular flexibility index (Phi) is 5.88. The molecule has 2 fully saturated rings. The van der Waals surface area contributed by atoms with Gasteiger partial charge < -0.3 is 5.32 Å². The Morgan fingerprint density at radius 3 is 2.50 bits per heavy atom. The first-order valence-electron chi connectivity index (χ1n) is 9.06. The molecule has 0 saturated heterocycles. The minimum absolute atomic E-state index is 0.148. The first-order chi connectivity index (χ1) is 10.8. The maximum atomic E-state index is 12.1. The van der Waals surface area contributed by atoms with Gasteiger partial charge in [0.15, 0.2) is 5.13 Å². The van der Waals surface area contributed by atoms with Crippen LogP contribution in [0.4, 0.5) is 5.13 Å². The number of hydrogen-bond donors (Lipinski definition) is 1. The summed E-state index contributed by atoms with van der Waals surface area (Å²) in [5.74, 6) is 1.54. The Balaban J connectivity index is 1.43. The van der Waals surface area contributed by atoms with E-state index in [1.54, 1.807) is 11.3 Å². The molecule has 1 N–H and O–H groups in total. The van der Waals surface area contributed by atoms with E-state index >= 15 is 0 Å². The highest BCUT2D eigenvalue weighted by Gasteiger charge is 2.19. The second kappa shape index (κ2) is 8.09. The maximum Gasteiger partial charge on any atom is 0.226 e. The topological polar surface area (TPSA) is 42.0 Å². The van der Waals surface area contributed by atoms with Gasteiger partial charge in [0, 0.05) is 17.7 Å². The number of amides is 1. The molecule has 1 aromatic rings. The molecule has 22 heavy (non-hydrogen) atoms. The van der Waals surface area contributed by atoms with Crippen LogP contribution in [-0.2, 0) is 4.79 Å². The number of aromatic nitrogens is 1. The largest absolute Gasteiger partial charge is 0.302 e. The summed E-state index contributed by atoms with van der Waals surface area (Å²) >= 11 is 1.59. The van der Waals surface area contributed by atoms with Gasteiger partial charge in [0.05, 0.1) is 5.69 Å². The standard InChI is InChI=1S/C18H28N2OS/c21-17(12-11-14-7-3-1-4-8-14)20-18-19-16(13-22-18)15-9-5-2-6-10-15/h13-15H,1-12H2,(H,19,20,21). The summed E-state index contributed by atoms with van der Waals surface area (Å²) in [5.41, 5.74) is 1.20. The van der Waals surface area contributed by atoms with Crippen LogP contribution < -0.4 is 5.32 Å². The molecule has 0 aliphatic heterocycles. The van der Waals surface area contributed by atoms with Gasteiger partial charge in [-0.3, -0.25) is 4.79 Å². The Bertz CT molecular complexity index is 473. The second-order valence-electron chi connectivity index (χ2n) is 7.00. The average molecular weight is 321 g/mol. The van der Waals surface area contributed by atoms with Gasteiger partial charge >= 0.3 is 0 Å². The van der Waals surface area contributed by atoms with Gasteiger partial charge in [-0.2, -0.15) is 0 Å². The third kappa shape index (κ3) is 4.55. The lowest BCUT2D eigenvalue weighted by Crippen LogP contribution is -2.15. The lowest BCUT2D eigenvalue weighted by atomic mass is 9.86. The van der Waals surface area contributed by atoms with Crippen LogP contribution in [-0.4, -0.2) is 10.9 Å². The summed E-state index contributed by atoms with van der Waals surface area (Å²) in [6.07, 6.45) is 15.0. The van der Waals surface area contributed by atoms with Crippen LogP contribution in [0.3, 0.4) is 0 Å². The first-order valence-corrected chi connectivity index (χ1v) is 9.94. The van der Waals surface area contributed by atoms with Crippen molar-refractivity contribution >= 4 is 22.4 Å². The number of anilines is 1. The minimum atomic E-state index is 0.148. The molecule has 0 aromatic carbocycles. The van der Waals surface area contributed by atoms with Crippen LogP contribution in [0.1, 0.15) is 88.7 Å². The lowest BCUT2D eigenvalue weighted by molar-refractivity contribution is -0.116. The molecule has 4 heteroatoms. The number of hydrogen-bond acceptors (Lipinski definition) is 3. The Labute approximate surface area is 137 Å². The minimum Gasteiger partial charge on any atom is -0.302 e. The van der Waals surface area contributed by atoms with Gasteiger partial charge in [0.2, 0.25) is 5.91 Å². The summed E-state index contributed by atoms with van der Waals surface area (Å²) in [6.45, 7) is 0. The molecular formula is C18H28N2OS. The summed E-state index contributed by atoms with van der Waals surface area (Å²) in [7, 11) is 0. The van der Waals surface area contributed by atoms with Crippen molar-refractivity contribution in [3.63, 3.8) is 0 Å². The fraction of sp³-hybridized carbons (Fsp3) is 0.778. The van der Waals surface area contributed by atoms with Crippen molar-refractivity contribution in [1.29, 1.82) is 0 Å². The van der Waals surface area contributed by atoms with Gasteiger partial charge in [-0.25, -0.2) is 4.98 Å². The molecule has 0 bridgehead atoms. The van der Waals surface area contributed by atoms with E-state index in [1.807, 2.05) is 0 Å². The Hall–Kier alpha value is -0.900. The number of nitrogens with one attached hydrogen (secondary N) is 1. The zero-order valence-corrected chi connectivity index (χ0v) is 14.3. The number of nitrogens with zero attached hydrogens (tertiary/aromatic N) is 1. The smallest absolute Gasteiger partial charge is 0.226 e. The van der Waals surface area contributed by atoms with E-state index in [4.69, 9.17) is 0 Å². The number of carbonyl (C=O) groups is 1. The van der Waals surface area contributed by atoms with Crippen molar-refractivity contribution in [2.75, 3.05) is 5.32 Å². The zero-order chi connectivity index (χ0) is 15.2. The normalized spacial score (nSPS) is 20.9. The maximum absolute atomic E-state index is 12.1. The number of thiazole rings is 1. The van der Waals surface area contributed by atoms with Crippen molar-refractivity contribution in [3.05, 3.63) is 11.1 Å². The predicted molar refractivity (Wildman–Crippen MR) is 92.4 cm³/mol. The third-order valence-electron chi connectivity index (χ3n) is 5.30. The first kappa shape index (κ1) is 16.0. The van der Waals surface area contributed by atoms with Gasteiger partial charge in [0.25, 0.3) is 0 Å². The Morgan fingerprint density at radius 2 is 1.77 bits per heavy atom. The zero-order valence-electron chi connectivity index (χ0n) is 13.5. The molecule has 2 aliphatic carbocycles.